The summed E-state index contributed by atoms with van der Waals surface area (Å²) in [6.45, 7) is 0.996. The van der Waals surface area contributed by atoms with Crippen molar-refractivity contribution in [3.05, 3.63) is 34.4 Å². The first-order chi connectivity index (χ1) is 8.71. The van der Waals surface area contributed by atoms with Crippen LogP contribution in [-0.4, -0.2) is 18.5 Å². The normalized spacial score (nSPS) is 13.2. The minimum absolute atomic E-state index is 0.313. The molecule has 0 aliphatic rings. The van der Waals surface area contributed by atoms with Gasteiger partial charge in [-0.05, 0) is 19.1 Å². The lowest BCUT2D eigenvalue weighted by atomic mass is 10.00. The van der Waals surface area contributed by atoms with Crippen LogP contribution in [0.15, 0.2) is 12.1 Å². The summed E-state index contributed by atoms with van der Waals surface area (Å²) >= 11 is 5.35. The zero-order valence-electron chi connectivity index (χ0n) is 9.72. The standard InChI is InChI=1S/C11H10ClF4NO2/c1-2-19-10(18)11(15,16)9(17)8-6(13)3-5(12)4-7(8)14/h3-4,9H,2,17H2,1H3/t9-/m0/s1. The van der Waals surface area contributed by atoms with Crippen molar-refractivity contribution in [3.63, 3.8) is 0 Å². The van der Waals surface area contributed by atoms with Crippen LogP contribution in [0.3, 0.4) is 0 Å². The van der Waals surface area contributed by atoms with Crippen molar-refractivity contribution in [1.29, 1.82) is 0 Å². The van der Waals surface area contributed by atoms with E-state index in [2.05, 4.69) is 4.74 Å². The fraction of sp³-hybridized carbons (Fsp3) is 0.364. The highest BCUT2D eigenvalue weighted by Gasteiger charge is 2.49. The minimum atomic E-state index is -4.26. The third-order valence-corrected chi connectivity index (χ3v) is 2.51. The summed E-state index contributed by atoms with van der Waals surface area (Å²) in [7, 11) is 0. The van der Waals surface area contributed by atoms with Gasteiger partial charge in [0, 0.05) is 10.6 Å². The Hall–Kier alpha value is -1.34. The van der Waals surface area contributed by atoms with Crippen molar-refractivity contribution in [2.24, 2.45) is 5.73 Å². The molecule has 1 aromatic rings. The smallest absolute Gasteiger partial charge is 0.379 e. The van der Waals surface area contributed by atoms with E-state index in [1.165, 1.54) is 6.92 Å². The summed E-state index contributed by atoms with van der Waals surface area (Å²) in [5, 5.41) is -0.314. The van der Waals surface area contributed by atoms with E-state index in [9.17, 15) is 22.4 Å². The van der Waals surface area contributed by atoms with E-state index in [1.807, 2.05) is 0 Å². The third-order valence-electron chi connectivity index (χ3n) is 2.29. The van der Waals surface area contributed by atoms with E-state index in [4.69, 9.17) is 17.3 Å². The van der Waals surface area contributed by atoms with Gasteiger partial charge in [0.15, 0.2) is 0 Å². The molecule has 0 radical (unpaired) electrons. The van der Waals surface area contributed by atoms with Crippen molar-refractivity contribution < 1.29 is 27.1 Å². The van der Waals surface area contributed by atoms with Crippen LogP contribution in [0.25, 0.3) is 0 Å². The average molecular weight is 300 g/mol. The molecule has 3 nitrogen and oxygen atoms in total. The Morgan fingerprint density at radius 1 is 1.42 bits per heavy atom. The second kappa shape index (κ2) is 5.75. The Bertz CT molecular complexity index is 473. The zero-order chi connectivity index (χ0) is 14.8. The van der Waals surface area contributed by atoms with Crippen LogP contribution in [0, 0.1) is 11.6 Å². The van der Waals surface area contributed by atoms with Gasteiger partial charge in [-0.15, -0.1) is 0 Å². The van der Waals surface area contributed by atoms with Crippen LogP contribution in [0.2, 0.25) is 5.02 Å². The molecule has 8 heteroatoms. The predicted octanol–water partition coefficient (Wildman–Crippen LogP) is 2.82. The lowest BCUT2D eigenvalue weighted by molar-refractivity contribution is -0.175. The average Bonchev–Trinajstić information content (AvgIpc) is 2.27. The van der Waals surface area contributed by atoms with Gasteiger partial charge in [0.25, 0.3) is 0 Å². The number of benzene rings is 1. The number of ether oxygens (including phenoxy) is 1. The molecule has 19 heavy (non-hydrogen) atoms. The fourth-order valence-electron chi connectivity index (χ4n) is 1.39. The molecule has 0 heterocycles. The summed E-state index contributed by atoms with van der Waals surface area (Å²) in [4.78, 5) is 11.0. The Morgan fingerprint density at radius 2 is 1.89 bits per heavy atom. The lowest BCUT2D eigenvalue weighted by Gasteiger charge is -2.22. The number of nitrogens with two attached hydrogens (primary N) is 1. The molecule has 2 N–H and O–H groups in total. The maximum absolute atomic E-state index is 13.6. The highest BCUT2D eigenvalue weighted by molar-refractivity contribution is 6.30. The first-order valence-corrected chi connectivity index (χ1v) is 5.54. The van der Waals surface area contributed by atoms with Crippen molar-refractivity contribution in [1.82, 2.24) is 0 Å². The van der Waals surface area contributed by atoms with Gasteiger partial charge in [-0.25, -0.2) is 13.6 Å². The lowest BCUT2D eigenvalue weighted by Crippen LogP contribution is -2.42. The van der Waals surface area contributed by atoms with Gasteiger partial charge in [0.1, 0.15) is 17.7 Å². The molecular weight excluding hydrogens is 290 g/mol. The number of alkyl halides is 2. The van der Waals surface area contributed by atoms with Gasteiger partial charge < -0.3 is 10.5 Å². The van der Waals surface area contributed by atoms with Gasteiger partial charge in [-0.2, -0.15) is 8.78 Å². The van der Waals surface area contributed by atoms with Gasteiger partial charge >= 0.3 is 11.9 Å². The molecule has 0 spiro atoms. The Balaban J connectivity index is 3.19. The first kappa shape index (κ1) is 15.7. The minimum Gasteiger partial charge on any atom is -0.462 e. The van der Waals surface area contributed by atoms with Crippen LogP contribution in [-0.2, 0) is 9.53 Å². The van der Waals surface area contributed by atoms with Crippen LogP contribution in [0.1, 0.15) is 18.5 Å². The monoisotopic (exact) mass is 299 g/mol. The third kappa shape index (κ3) is 3.16. The molecule has 0 aliphatic carbocycles. The summed E-state index contributed by atoms with van der Waals surface area (Å²) in [5.41, 5.74) is 3.96. The number of halogens is 5. The first-order valence-electron chi connectivity index (χ1n) is 5.16. The number of hydrogen-bond donors (Lipinski definition) is 1. The molecular formula is C11H10ClF4NO2. The number of esters is 1. The van der Waals surface area contributed by atoms with E-state index in [-0.39, 0.29) is 11.6 Å². The van der Waals surface area contributed by atoms with E-state index in [0.717, 1.165) is 0 Å². The number of carbonyl (C=O) groups is 1. The molecule has 0 unspecified atom stereocenters. The topological polar surface area (TPSA) is 52.3 Å². The van der Waals surface area contributed by atoms with Crippen LogP contribution in [0.4, 0.5) is 17.6 Å². The molecule has 1 aromatic carbocycles. The molecule has 0 aliphatic heterocycles. The summed E-state index contributed by atoms with van der Waals surface area (Å²) in [5.74, 6) is -8.93. The summed E-state index contributed by atoms with van der Waals surface area (Å²) in [6, 6.07) is -1.26. The van der Waals surface area contributed by atoms with Crippen molar-refractivity contribution in [3.8, 4) is 0 Å². The van der Waals surface area contributed by atoms with Crippen molar-refractivity contribution in [2.45, 2.75) is 18.9 Å². The van der Waals surface area contributed by atoms with Crippen LogP contribution < -0.4 is 5.73 Å². The summed E-state index contributed by atoms with van der Waals surface area (Å²) in [6.07, 6.45) is 0. The molecule has 1 rings (SSSR count). The Labute approximate surface area is 111 Å². The molecule has 0 fully saturated rings. The van der Waals surface area contributed by atoms with E-state index < -0.39 is 35.1 Å². The number of hydrogen-bond acceptors (Lipinski definition) is 3. The quantitative estimate of drug-likeness (QED) is 0.687. The van der Waals surface area contributed by atoms with Gasteiger partial charge in [-0.3, -0.25) is 0 Å². The van der Waals surface area contributed by atoms with E-state index in [1.54, 1.807) is 0 Å². The van der Waals surface area contributed by atoms with Crippen LogP contribution >= 0.6 is 11.6 Å². The second-order valence-electron chi connectivity index (χ2n) is 3.60. The van der Waals surface area contributed by atoms with Crippen molar-refractivity contribution in [2.75, 3.05) is 6.61 Å². The van der Waals surface area contributed by atoms with Crippen LogP contribution in [0.5, 0.6) is 0 Å². The second-order valence-corrected chi connectivity index (χ2v) is 4.04. The van der Waals surface area contributed by atoms with Gasteiger partial charge in [0.05, 0.1) is 6.61 Å². The fourth-order valence-corrected chi connectivity index (χ4v) is 1.58. The van der Waals surface area contributed by atoms with E-state index >= 15 is 0 Å². The molecule has 0 bridgehead atoms. The SMILES string of the molecule is CCOC(=O)C(F)(F)[C@@H](N)c1c(F)cc(Cl)cc1F. The van der Waals surface area contributed by atoms with Gasteiger partial charge in [0.2, 0.25) is 0 Å². The maximum atomic E-state index is 13.6. The molecule has 1 atom stereocenters. The highest BCUT2D eigenvalue weighted by Crippen LogP contribution is 2.34. The number of carbonyl (C=O) groups excluding carboxylic acids is 1. The largest absolute Gasteiger partial charge is 0.462 e. The number of rotatable bonds is 4. The molecule has 0 saturated heterocycles. The molecule has 0 amide bonds. The maximum Gasteiger partial charge on any atom is 0.379 e. The zero-order valence-corrected chi connectivity index (χ0v) is 10.5. The Morgan fingerprint density at radius 3 is 2.32 bits per heavy atom. The molecule has 0 saturated carbocycles. The predicted molar refractivity (Wildman–Crippen MR) is 59.9 cm³/mol. The molecule has 106 valence electrons. The molecule has 0 aromatic heterocycles. The highest BCUT2D eigenvalue weighted by atomic mass is 35.5. The Kier molecular flexibility index (Phi) is 4.75. The van der Waals surface area contributed by atoms with E-state index in [0.29, 0.717) is 12.1 Å². The summed E-state index contributed by atoms with van der Waals surface area (Å²) < 4.78 is 58.2. The van der Waals surface area contributed by atoms with Crippen molar-refractivity contribution >= 4 is 17.6 Å². The van der Waals surface area contributed by atoms with Gasteiger partial charge in [-0.1, -0.05) is 11.6 Å².